The SMILES string of the molecule is COCc1nnc(CCl)n1-c1ccc(C(C)(C)C)cc1. The molecule has 0 N–H and O–H groups in total. The highest BCUT2D eigenvalue weighted by atomic mass is 35.5. The lowest BCUT2D eigenvalue weighted by atomic mass is 9.87. The molecule has 0 atom stereocenters. The minimum atomic E-state index is 0.135. The predicted octanol–water partition coefficient (Wildman–Crippen LogP) is 3.45. The lowest BCUT2D eigenvalue weighted by Gasteiger charge is -2.19. The van der Waals surface area contributed by atoms with E-state index < -0.39 is 0 Å². The topological polar surface area (TPSA) is 39.9 Å². The maximum absolute atomic E-state index is 5.94. The van der Waals surface area contributed by atoms with Crippen molar-refractivity contribution in [3.63, 3.8) is 0 Å². The van der Waals surface area contributed by atoms with Crippen LogP contribution in [0.25, 0.3) is 5.69 Å². The second kappa shape index (κ2) is 5.94. The summed E-state index contributed by atoms with van der Waals surface area (Å²) < 4.78 is 7.11. The van der Waals surface area contributed by atoms with Crippen LogP contribution >= 0.6 is 11.6 Å². The maximum Gasteiger partial charge on any atom is 0.163 e. The van der Waals surface area contributed by atoms with E-state index in [2.05, 4.69) is 55.2 Å². The highest BCUT2D eigenvalue weighted by Crippen LogP contribution is 2.24. The Kier molecular flexibility index (Phi) is 4.45. The zero-order chi connectivity index (χ0) is 14.8. The third kappa shape index (κ3) is 3.02. The lowest BCUT2D eigenvalue weighted by Crippen LogP contribution is -2.11. The van der Waals surface area contributed by atoms with Crippen molar-refractivity contribution in [3.05, 3.63) is 41.5 Å². The molecule has 0 bridgehead atoms. The fourth-order valence-corrected chi connectivity index (χ4v) is 2.24. The van der Waals surface area contributed by atoms with Crippen molar-refractivity contribution >= 4 is 11.6 Å². The normalized spacial score (nSPS) is 11.8. The number of alkyl halides is 1. The van der Waals surface area contributed by atoms with Gasteiger partial charge in [-0.15, -0.1) is 21.8 Å². The van der Waals surface area contributed by atoms with Gasteiger partial charge in [-0.3, -0.25) is 4.57 Å². The lowest BCUT2D eigenvalue weighted by molar-refractivity contribution is 0.176. The van der Waals surface area contributed by atoms with Crippen LogP contribution < -0.4 is 0 Å². The van der Waals surface area contributed by atoms with Crippen molar-refractivity contribution in [3.8, 4) is 5.69 Å². The fourth-order valence-electron chi connectivity index (χ4n) is 2.07. The monoisotopic (exact) mass is 293 g/mol. The summed E-state index contributed by atoms with van der Waals surface area (Å²) in [5.41, 5.74) is 2.43. The Balaban J connectivity index is 2.43. The first kappa shape index (κ1) is 15.0. The zero-order valence-corrected chi connectivity index (χ0v) is 13.1. The molecule has 1 aromatic carbocycles. The number of nitrogens with zero attached hydrogens (tertiary/aromatic N) is 3. The standard InChI is InChI=1S/C15H20ClN3O/c1-15(2,3)11-5-7-12(8-6-11)19-13(9-16)17-18-14(19)10-20-4/h5-8H,9-10H2,1-4H3. The van der Waals surface area contributed by atoms with Gasteiger partial charge in [0, 0.05) is 12.8 Å². The predicted molar refractivity (Wildman–Crippen MR) is 80.3 cm³/mol. The molecule has 2 aromatic rings. The number of halogens is 1. The molecule has 0 aliphatic carbocycles. The average molecular weight is 294 g/mol. The van der Waals surface area contributed by atoms with E-state index in [0.29, 0.717) is 12.5 Å². The van der Waals surface area contributed by atoms with Gasteiger partial charge in [0.05, 0.1) is 5.88 Å². The van der Waals surface area contributed by atoms with Gasteiger partial charge in [0.2, 0.25) is 0 Å². The highest BCUT2D eigenvalue weighted by Gasteiger charge is 2.16. The average Bonchev–Trinajstić information content (AvgIpc) is 2.81. The van der Waals surface area contributed by atoms with Crippen LogP contribution in [0.3, 0.4) is 0 Å². The first-order chi connectivity index (χ1) is 9.47. The molecule has 0 spiro atoms. The highest BCUT2D eigenvalue weighted by molar-refractivity contribution is 6.16. The van der Waals surface area contributed by atoms with Crippen LogP contribution in [-0.2, 0) is 22.6 Å². The number of methoxy groups -OCH3 is 1. The van der Waals surface area contributed by atoms with Crippen molar-refractivity contribution in [1.29, 1.82) is 0 Å². The Morgan fingerprint density at radius 2 is 1.70 bits per heavy atom. The third-order valence-electron chi connectivity index (χ3n) is 3.18. The molecule has 0 saturated heterocycles. The van der Waals surface area contributed by atoms with Gasteiger partial charge in [-0.2, -0.15) is 0 Å². The van der Waals surface area contributed by atoms with E-state index in [1.165, 1.54) is 5.56 Å². The van der Waals surface area contributed by atoms with E-state index >= 15 is 0 Å². The van der Waals surface area contributed by atoms with Gasteiger partial charge in [-0.25, -0.2) is 0 Å². The second-order valence-corrected chi connectivity index (χ2v) is 6.00. The minimum Gasteiger partial charge on any atom is -0.377 e. The molecule has 0 aliphatic rings. The maximum atomic E-state index is 5.94. The molecule has 0 amide bonds. The molecule has 0 aliphatic heterocycles. The molecule has 2 rings (SSSR count). The Morgan fingerprint density at radius 3 is 2.20 bits per heavy atom. The molecule has 5 heteroatoms. The number of benzene rings is 1. The molecule has 1 heterocycles. The van der Waals surface area contributed by atoms with Gasteiger partial charge in [-0.05, 0) is 23.1 Å². The molecule has 0 fully saturated rings. The van der Waals surface area contributed by atoms with Crippen LogP contribution in [0.2, 0.25) is 0 Å². The molecule has 0 radical (unpaired) electrons. The van der Waals surface area contributed by atoms with E-state index in [1.807, 2.05) is 4.57 Å². The van der Waals surface area contributed by atoms with E-state index in [9.17, 15) is 0 Å². The van der Waals surface area contributed by atoms with Crippen LogP contribution in [-0.4, -0.2) is 21.9 Å². The molecular formula is C15H20ClN3O. The molecule has 0 unspecified atom stereocenters. The minimum absolute atomic E-state index is 0.135. The summed E-state index contributed by atoms with van der Waals surface area (Å²) in [6.07, 6.45) is 0. The van der Waals surface area contributed by atoms with Crippen molar-refractivity contribution in [2.75, 3.05) is 7.11 Å². The summed E-state index contributed by atoms with van der Waals surface area (Å²) in [4.78, 5) is 0. The van der Waals surface area contributed by atoms with Gasteiger partial charge in [0.25, 0.3) is 0 Å². The Bertz CT molecular complexity index is 570. The first-order valence-corrected chi connectivity index (χ1v) is 7.10. The fraction of sp³-hybridized carbons (Fsp3) is 0.467. The smallest absolute Gasteiger partial charge is 0.163 e. The number of hydrogen-bond acceptors (Lipinski definition) is 3. The molecule has 1 aromatic heterocycles. The van der Waals surface area contributed by atoms with E-state index in [-0.39, 0.29) is 5.41 Å². The van der Waals surface area contributed by atoms with Crippen molar-refractivity contribution in [1.82, 2.24) is 14.8 Å². The number of rotatable bonds is 4. The third-order valence-corrected chi connectivity index (χ3v) is 3.42. The molecule has 0 saturated carbocycles. The number of ether oxygens (including phenoxy) is 1. The quantitative estimate of drug-likeness (QED) is 0.811. The summed E-state index contributed by atoms with van der Waals surface area (Å²) >= 11 is 5.94. The van der Waals surface area contributed by atoms with E-state index in [0.717, 1.165) is 17.3 Å². The van der Waals surface area contributed by atoms with Gasteiger partial charge in [0.15, 0.2) is 11.6 Å². The Morgan fingerprint density at radius 1 is 1.10 bits per heavy atom. The molecule has 4 nitrogen and oxygen atoms in total. The zero-order valence-electron chi connectivity index (χ0n) is 12.4. The van der Waals surface area contributed by atoms with Gasteiger partial charge in [0.1, 0.15) is 6.61 Å². The van der Waals surface area contributed by atoms with Crippen molar-refractivity contribution < 1.29 is 4.74 Å². The number of aromatic nitrogens is 3. The Labute approximate surface area is 124 Å². The second-order valence-electron chi connectivity index (χ2n) is 5.73. The van der Waals surface area contributed by atoms with E-state index in [1.54, 1.807) is 7.11 Å². The van der Waals surface area contributed by atoms with Crippen LogP contribution in [0.5, 0.6) is 0 Å². The summed E-state index contributed by atoms with van der Waals surface area (Å²) in [7, 11) is 1.64. The van der Waals surface area contributed by atoms with Crippen LogP contribution in [0.4, 0.5) is 0 Å². The van der Waals surface area contributed by atoms with Gasteiger partial charge in [-0.1, -0.05) is 32.9 Å². The van der Waals surface area contributed by atoms with Crippen LogP contribution in [0.15, 0.2) is 24.3 Å². The summed E-state index contributed by atoms with van der Waals surface area (Å²) in [5.74, 6) is 1.80. The van der Waals surface area contributed by atoms with Crippen LogP contribution in [0, 0.1) is 0 Å². The Hall–Kier alpha value is -1.39. The largest absolute Gasteiger partial charge is 0.377 e. The molecule has 108 valence electrons. The van der Waals surface area contributed by atoms with Crippen molar-refractivity contribution in [2.24, 2.45) is 0 Å². The van der Waals surface area contributed by atoms with Gasteiger partial charge < -0.3 is 4.74 Å². The van der Waals surface area contributed by atoms with E-state index in [4.69, 9.17) is 16.3 Å². The summed E-state index contributed by atoms with van der Waals surface area (Å²) in [5, 5.41) is 8.23. The summed E-state index contributed by atoms with van der Waals surface area (Å²) in [6.45, 7) is 6.99. The molecular weight excluding hydrogens is 274 g/mol. The summed E-state index contributed by atoms with van der Waals surface area (Å²) in [6, 6.07) is 8.39. The number of hydrogen-bond donors (Lipinski definition) is 0. The molecule has 20 heavy (non-hydrogen) atoms. The first-order valence-electron chi connectivity index (χ1n) is 6.56. The van der Waals surface area contributed by atoms with Crippen LogP contribution in [0.1, 0.15) is 38.0 Å². The van der Waals surface area contributed by atoms with Crippen molar-refractivity contribution in [2.45, 2.75) is 38.7 Å². The van der Waals surface area contributed by atoms with Gasteiger partial charge >= 0.3 is 0 Å².